The third-order valence-corrected chi connectivity index (χ3v) is 7.66. The predicted octanol–water partition coefficient (Wildman–Crippen LogP) is 8.52. The van der Waals surface area contributed by atoms with Crippen LogP contribution in [-0.4, -0.2) is 0 Å². The molecular weight excluding hydrogens is 336 g/mol. The molecule has 0 amide bonds. The molecule has 28 heavy (non-hydrogen) atoms. The lowest BCUT2D eigenvalue weighted by atomic mass is 9.77. The predicted molar refractivity (Wildman–Crippen MR) is 125 cm³/mol. The Labute approximate surface area is 173 Å². The van der Waals surface area contributed by atoms with Crippen LogP contribution in [0.4, 0.5) is 0 Å². The molecule has 0 saturated carbocycles. The highest BCUT2D eigenvalue weighted by Gasteiger charge is 2.36. The van der Waals surface area contributed by atoms with E-state index in [2.05, 4.69) is 104 Å². The van der Waals surface area contributed by atoms with Crippen LogP contribution in [0, 0.1) is 5.41 Å². The van der Waals surface area contributed by atoms with Crippen molar-refractivity contribution in [3.05, 3.63) is 64.7 Å². The van der Waals surface area contributed by atoms with Gasteiger partial charge >= 0.3 is 0 Å². The average molecular weight is 375 g/mol. The molecule has 0 heterocycles. The van der Waals surface area contributed by atoms with Gasteiger partial charge in [-0.15, -0.1) is 0 Å². The van der Waals surface area contributed by atoms with Gasteiger partial charge in [-0.3, -0.25) is 0 Å². The fourth-order valence-electron chi connectivity index (χ4n) is 4.27. The van der Waals surface area contributed by atoms with Crippen molar-refractivity contribution in [3.63, 3.8) is 0 Å². The lowest BCUT2D eigenvalue weighted by Crippen LogP contribution is -2.19. The molecule has 0 aromatic heterocycles. The van der Waals surface area contributed by atoms with Crippen molar-refractivity contribution in [1.29, 1.82) is 0 Å². The average Bonchev–Trinajstić information content (AvgIpc) is 2.92. The van der Waals surface area contributed by atoms with E-state index in [1.165, 1.54) is 46.2 Å². The molecule has 0 spiro atoms. The summed E-state index contributed by atoms with van der Waals surface area (Å²) in [5.41, 5.74) is 9.10. The van der Waals surface area contributed by atoms with Crippen LogP contribution in [0.5, 0.6) is 0 Å². The number of hydrogen-bond acceptors (Lipinski definition) is 0. The van der Waals surface area contributed by atoms with Crippen LogP contribution in [0.3, 0.4) is 0 Å². The van der Waals surface area contributed by atoms with Crippen LogP contribution in [0.15, 0.2) is 42.5 Å². The number of rotatable bonds is 6. The first kappa shape index (κ1) is 20.9. The molecule has 3 rings (SSSR count). The first-order valence-corrected chi connectivity index (χ1v) is 11.1. The van der Waals surface area contributed by atoms with Crippen LogP contribution >= 0.6 is 0 Å². The monoisotopic (exact) mass is 374 g/mol. The van der Waals surface area contributed by atoms with E-state index in [1.807, 2.05) is 0 Å². The standard InChI is InChI=1S/C28H38/c1-9-26(4,5)21-13-15-23-22-14-12-20(16-17-28(8,10-2)11-3)18-24(22)27(6,7)25(23)19-21/h12-19H,9-11H2,1-8H3/b17-16+. The van der Waals surface area contributed by atoms with Crippen LogP contribution in [-0.2, 0) is 10.8 Å². The minimum atomic E-state index is 0.0488. The van der Waals surface area contributed by atoms with Crippen molar-refractivity contribution in [2.24, 2.45) is 5.41 Å². The third kappa shape index (κ3) is 3.47. The maximum absolute atomic E-state index is 2.47. The number of hydrogen-bond donors (Lipinski definition) is 0. The summed E-state index contributed by atoms with van der Waals surface area (Å²) in [5.74, 6) is 0. The molecule has 1 aliphatic carbocycles. The lowest BCUT2D eigenvalue weighted by Gasteiger charge is -2.27. The fourth-order valence-corrected chi connectivity index (χ4v) is 4.27. The third-order valence-electron chi connectivity index (χ3n) is 7.66. The van der Waals surface area contributed by atoms with Gasteiger partial charge in [0, 0.05) is 5.41 Å². The van der Waals surface area contributed by atoms with Gasteiger partial charge in [-0.05, 0) is 63.5 Å². The minimum Gasteiger partial charge on any atom is -0.0780 e. The van der Waals surface area contributed by atoms with Crippen molar-refractivity contribution >= 4 is 6.08 Å². The Morgan fingerprint density at radius 1 is 0.786 bits per heavy atom. The summed E-state index contributed by atoms with van der Waals surface area (Å²) in [6.45, 7) is 18.7. The van der Waals surface area contributed by atoms with E-state index >= 15 is 0 Å². The Kier molecular flexibility index (Phi) is 5.38. The van der Waals surface area contributed by atoms with E-state index in [1.54, 1.807) is 0 Å². The van der Waals surface area contributed by atoms with Gasteiger partial charge in [0.2, 0.25) is 0 Å². The van der Waals surface area contributed by atoms with Crippen molar-refractivity contribution in [2.75, 3.05) is 0 Å². The van der Waals surface area contributed by atoms with Crippen LogP contribution in [0.25, 0.3) is 17.2 Å². The minimum absolute atomic E-state index is 0.0488. The van der Waals surface area contributed by atoms with E-state index < -0.39 is 0 Å². The lowest BCUT2D eigenvalue weighted by molar-refractivity contribution is 0.398. The second-order valence-electron chi connectivity index (χ2n) is 10.1. The maximum atomic E-state index is 2.47. The van der Waals surface area contributed by atoms with Crippen LogP contribution in [0.2, 0.25) is 0 Å². The van der Waals surface area contributed by atoms with E-state index in [-0.39, 0.29) is 16.2 Å². The summed E-state index contributed by atoms with van der Waals surface area (Å²) >= 11 is 0. The first-order chi connectivity index (χ1) is 13.1. The van der Waals surface area contributed by atoms with E-state index in [0.29, 0.717) is 0 Å². The number of fused-ring (bicyclic) bond motifs is 3. The van der Waals surface area contributed by atoms with E-state index in [0.717, 1.165) is 6.42 Å². The van der Waals surface area contributed by atoms with E-state index in [4.69, 9.17) is 0 Å². The summed E-state index contributed by atoms with van der Waals surface area (Å²) in [6.07, 6.45) is 8.25. The molecule has 0 atom stereocenters. The Hall–Kier alpha value is -1.82. The highest BCUT2D eigenvalue weighted by molar-refractivity contribution is 5.82. The summed E-state index contributed by atoms with van der Waals surface area (Å²) in [5, 5.41) is 0. The second-order valence-corrected chi connectivity index (χ2v) is 10.1. The summed E-state index contributed by atoms with van der Waals surface area (Å²) in [7, 11) is 0. The molecule has 0 unspecified atom stereocenters. The zero-order valence-electron chi connectivity index (χ0n) is 19.2. The largest absolute Gasteiger partial charge is 0.0780 e. The summed E-state index contributed by atoms with van der Waals surface area (Å²) in [6, 6.07) is 14.2. The van der Waals surface area contributed by atoms with E-state index in [9.17, 15) is 0 Å². The molecule has 0 heteroatoms. The summed E-state index contributed by atoms with van der Waals surface area (Å²) in [4.78, 5) is 0. The molecule has 0 N–H and O–H groups in total. The smallest absolute Gasteiger partial charge is 0.0159 e. The molecule has 0 aliphatic heterocycles. The van der Waals surface area contributed by atoms with Crippen molar-refractivity contribution in [3.8, 4) is 11.1 Å². The fraction of sp³-hybridized carbons (Fsp3) is 0.500. The quantitative estimate of drug-likeness (QED) is 0.475. The molecule has 1 aliphatic rings. The molecule has 0 radical (unpaired) electrons. The summed E-state index contributed by atoms with van der Waals surface area (Å²) < 4.78 is 0. The Bertz CT molecular complexity index is 888. The molecule has 0 bridgehead atoms. The SMILES string of the molecule is CCC(C)(/C=C/c1ccc2c(c1)C(C)(C)c1cc(C(C)(C)CC)ccc1-2)CC. The maximum Gasteiger partial charge on any atom is 0.0159 e. The highest BCUT2D eigenvalue weighted by atomic mass is 14.4. The Balaban J connectivity index is 2.04. The normalized spacial score (nSPS) is 15.7. The zero-order chi connectivity index (χ0) is 20.7. The molecule has 0 saturated heterocycles. The van der Waals surface area contributed by atoms with Gasteiger partial charge in [-0.1, -0.05) is 104 Å². The molecule has 2 aromatic rings. The first-order valence-electron chi connectivity index (χ1n) is 11.1. The van der Waals surface area contributed by atoms with Crippen molar-refractivity contribution in [2.45, 2.75) is 85.5 Å². The topological polar surface area (TPSA) is 0 Å². The zero-order valence-corrected chi connectivity index (χ0v) is 19.2. The Morgan fingerprint density at radius 3 is 1.93 bits per heavy atom. The van der Waals surface area contributed by atoms with Gasteiger partial charge in [-0.25, -0.2) is 0 Å². The van der Waals surface area contributed by atoms with Gasteiger partial charge in [0.25, 0.3) is 0 Å². The van der Waals surface area contributed by atoms with Gasteiger partial charge in [-0.2, -0.15) is 0 Å². The van der Waals surface area contributed by atoms with Crippen LogP contribution < -0.4 is 0 Å². The van der Waals surface area contributed by atoms with Crippen LogP contribution in [0.1, 0.15) is 96.9 Å². The molecule has 0 nitrogen and oxygen atoms in total. The molecule has 150 valence electrons. The van der Waals surface area contributed by atoms with Crippen molar-refractivity contribution in [1.82, 2.24) is 0 Å². The van der Waals surface area contributed by atoms with Gasteiger partial charge < -0.3 is 0 Å². The second kappa shape index (κ2) is 7.21. The van der Waals surface area contributed by atoms with Gasteiger partial charge in [0.1, 0.15) is 0 Å². The van der Waals surface area contributed by atoms with Gasteiger partial charge in [0.05, 0.1) is 0 Å². The van der Waals surface area contributed by atoms with Gasteiger partial charge in [0.15, 0.2) is 0 Å². The molecular formula is C28H38. The highest BCUT2D eigenvalue weighted by Crippen LogP contribution is 2.50. The Morgan fingerprint density at radius 2 is 1.36 bits per heavy atom. The number of allylic oxidation sites excluding steroid dienone is 1. The molecule has 0 fully saturated rings. The molecule has 2 aromatic carbocycles. The number of benzene rings is 2. The van der Waals surface area contributed by atoms with Crippen molar-refractivity contribution < 1.29 is 0 Å².